The lowest BCUT2D eigenvalue weighted by Crippen LogP contribution is -2.60. The maximum absolute atomic E-state index is 14.6. The fourth-order valence-electron chi connectivity index (χ4n) is 9.30. The topological polar surface area (TPSA) is 212 Å². The first-order chi connectivity index (χ1) is 31.6. The van der Waals surface area contributed by atoms with Gasteiger partial charge in [-0.1, -0.05) is 91.6 Å². The first-order valence-electron chi connectivity index (χ1n) is 23.6. The Morgan fingerprint density at radius 3 is 2.07 bits per heavy atom. The van der Waals surface area contributed by atoms with Crippen LogP contribution in [0.25, 0.3) is 0 Å². The van der Waals surface area contributed by atoms with Crippen molar-refractivity contribution in [2.45, 2.75) is 149 Å². The third kappa shape index (κ3) is 15.2. The molecule has 3 N–H and O–H groups in total. The lowest BCUT2D eigenvalue weighted by Gasteiger charge is -2.41. The number of carboxylic acid groups (broad SMARTS) is 1. The molecule has 3 rings (SSSR count). The number of rotatable bonds is 27. The molecule has 2 aliphatic heterocycles. The molecule has 0 spiro atoms. The van der Waals surface area contributed by atoms with Gasteiger partial charge in [0.2, 0.25) is 29.5 Å². The molecule has 0 aromatic heterocycles. The van der Waals surface area contributed by atoms with Crippen LogP contribution in [-0.4, -0.2) is 156 Å². The molecule has 0 saturated carbocycles. The fourth-order valence-corrected chi connectivity index (χ4v) is 9.71. The summed E-state index contributed by atoms with van der Waals surface area (Å²) in [5.74, 6) is -5.34. The molecule has 17 nitrogen and oxygen atoms in total. The number of imide groups is 1. The summed E-state index contributed by atoms with van der Waals surface area (Å²) in [4.78, 5) is 112. The normalized spacial score (nSPS) is 18.7. The number of hydrogen-bond acceptors (Lipinski definition) is 10. The highest BCUT2D eigenvalue weighted by Gasteiger charge is 2.44. The van der Waals surface area contributed by atoms with Crippen LogP contribution >= 0.6 is 15.9 Å². The Morgan fingerprint density at radius 2 is 1.54 bits per heavy atom. The molecule has 2 aliphatic rings. The summed E-state index contributed by atoms with van der Waals surface area (Å²) in [6, 6.07) is 4.95. The van der Waals surface area contributed by atoms with Gasteiger partial charge < -0.3 is 39.9 Å². The van der Waals surface area contributed by atoms with Crippen LogP contribution in [0.1, 0.15) is 105 Å². The van der Waals surface area contributed by atoms with E-state index in [-0.39, 0.29) is 77.6 Å². The van der Waals surface area contributed by atoms with Crippen LogP contribution in [0.2, 0.25) is 0 Å². The second-order valence-corrected chi connectivity index (χ2v) is 19.6. The molecule has 0 bridgehead atoms. The Morgan fingerprint density at radius 1 is 0.881 bits per heavy atom. The third-order valence-corrected chi connectivity index (χ3v) is 13.9. The van der Waals surface area contributed by atoms with Crippen LogP contribution in [0.4, 0.5) is 0 Å². The van der Waals surface area contributed by atoms with Crippen molar-refractivity contribution in [2.75, 3.05) is 41.4 Å². The number of likely N-dealkylation sites (N-methyl/N-ethyl adjacent to an activating group) is 2. The predicted octanol–water partition coefficient (Wildman–Crippen LogP) is 4.55. The van der Waals surface area contributed by atoms with Gasteiger partial charge in [-0.3, -0.25) is 38.5 Å². The molecular weight excluding hydrogens is 928 g/mol. The number of amides is 7. The van der Waals surface area contributed by atoms with E-state index in [1.54, 1.807) is 55.1 Å². The van der Waals surface area contributed by atoms with Gasteiger partial charge in [0.05, 0.1) is 41.1 Å². The molecule has 374 valence electrons. The fraction of sp³-hybridized carbons (Fsp3) is 0.673. The quantitative estimate of drug-likeness (QED) is 0.0822. The lowest BCUT2D eigenvalue weighted by molar-refractivity contribution is -0.149. The van der Waals surface area contributed by atoms with E-state index in [0.29, 0.717) is 45.1 Å². The van der Waals surface area contributed by atoms with E-state index in [0.717, 1.165) is 10.5 Å². The number of unbranched alkanes of at least 4 members (excludes halogenated alkanes) is 2. The summed E-state index contributed by atoms with van der Waals surface area (Å²) in [5.41, 5.74) is 0.762. The zero-order valence-electron chi connectivity index (χ0n) is 41.3. The maximum atomic E-state index is 14.6. The number of carbonyl (C=O) groups excluding carboxylic acids is 7. The van der Waals surface area contributed by atoms with Crippen molar-refractivity contribution in [3.05, 3.63) is 46.5 Å². The van der Waals surface area contributed by atoms with Gasteiger partial charge in [-0.15, -0.1) is 0 Å². The molecule has 0 radical (unpaired) electrons. The Hall–Kier alpha value is -4.68. The van der Waals surface area contributed by atoms with E-state index in [1.165, 1.54) is 25.2 Å². The Kier molecular flexibility index (Phi) is 22.6. The van der Waals surface area contributed by atoms with Gasteiger partial charge in [0.1, 0.15) is 18.1 Å². The molecule has 1 saturated heterocycles. The smallest absolute Gasteiger partial charge is 0.326 e. The molecule has 2 heterocycles. The third-order valence-electron chi connectivity index (χ3n) is 13.3. The molecule has 1 aromatic rings. The first kappa shape index (κ1) is 56.6. The molecule has 1 aromatic carbocycles. The molecule has 0 aliphatic carbocycles. The van der Waals surface area contributed by atoms with E-state index in [4.69, 9.17) is 9.47 Å². The average molecular weight is 1000 g/mol. The number of carbonyl (C=O) groups is 8. The zero-order chi connectivity index (χ0) is 50.3. The predicted molar refractivity (Wildman–Crippen MR) is 256 cm³/mol. The van der Waals surface area contributed by atoms with E-state index < -0.39 is 66.1 Å². The summed E-state index contributed by atoms with van der Waals surface area (Å²) < 4.78 is 12.1. The summed E-state index contributed by atoms with van der Waals surface area (Å²) >= 11 is 3.09. The SMILES string of the molecule is CC[C@@H](C)[C@@H]([C@@H](CC(=O)N1CCC[C@H]1[C@H](OC)[C@@H](C)C(=O)NC(Cc1ccccc1)C(=O)O)OC)N(C)C(=O)[C@@H](NC(=O)[C@H](C(C)C)N(C)C(=O)CCCCCN1C(=O)C=C(Br)C1=O)C(C)C. The average Bonchev–Trinajstić information content (AvgIpc) is 3.87. The van der Waals surface area contributed by atoms with Gasteiger partial charge in [0.15, 0.2) is 0 Å². The second kappa shape index (κ2) is 26.8. The van der Waals surface area contributed by atoms with Gasteiger partial charge in [-0.2, -0.15) is 0 Å². The highest BCUT2D eigenvalue weighted by molar-refractivity contribution is 9.12. The van der Waals surface area contributed by atoms with Crippen LogP contribution < -0.4 is 10.6 Å². The number of nitrogens with zero attached hydrogens (tertiary/aromatic N) is 4. The summed E-state index contributed by atoms with van der Waals surface area (Å²) in [6.07, 6.45) is 3.40. The number of benzene rings is 1. The monoisotopic (exact) mass is 1000 g/mol. The molecular formula is C49H75BrN6O11. The van der Waals surface area contributed by atoms with Crippen molar-refractivity contribution < 1.29 is 52.9 Å². The van der Waals surface area contributed by atoms with Gasteiger partial charge >= 0.3 is 5.97 Å². The van der Waals surface area contributed by atoms with Gasteiger partial charge in [0.25, 0.3) is 11.8 Å². The minimum atomic E-state index is -1.16. The van der Waals surface area contributed by atoms with Gasteiger partial charge in [-0.05, 0) is 64.9 Å². The van der Waals surface area contributed by atoms with Crippen molar-refractivity contribution in [2.24, 2.45) is 23.7 Å². The first-order valence-corrected chi connectivity index (χ1v) is 24.4. The second-order valence-electron chi connectivity index (χ2n) is 18.7. The molecule has 18 heteroatoms. The van der Waals surface area contributed by atoms with Crippen LogP contribution in [-0.2, 0) is 54.3 Å². The number of methoxy groups -OCH3 is 2. The van der Waals surface area contributed by atoms with E-state index in [2.05, 4.69) is 26.6 Å². The Balaban J connectivity index is 1.71. The molecule has 67 heavy (non-hydrogen) atoms. The van der Waals surface area contributed by atoms with Gasteiger partial charge in [-0.25, -0.2) is 4.79 Å². The number of carboxylic acids is 1. The summed E-state index contributed by atoms with van der Waals surface area (Å²) in [6.45, 7) is 13.6. The highest BCUT2D eigenvalue weighted by atomic mass is 79.9. The van der Waals surface area contributed by atoms with Crippen molar-refractivity contribution >= 4 is 63.2 Å². The summed E-state index contributed by atoms with van der Waals surface area (Å²) in [5, 5.41) is 15.6. The van der Waals surface area contributed by atoms with Gasteiger partial charge in [0, 0.05) is 60.3 Å². The minimum Gasteiger partial charge on any atom is -0.480 e. The zero-order valence-corrected chi connectivity index (χ0v) is 42.9. The number of ether oxygens (including phenoxy) is 2. The van der Waals surface area contributed by atoms with E-state index in [9.17, 15) is 43.5 Å². The Labute approximate surface area is 405 Å². The number of halogens is 1. The molecule has 7 amide bonds. The van der Waals surface area contributed by atoms with Crippen LogP contribution in [0.5, 0.6) is 0 Å². The van der Waals surface area contributed by atoms with E-state index in [1.807, 2.05) is 47.6 Å². The van der Waals surface area contributed by atoms with Crippen molar-refractivity contribution in [1.82, 2.24) is 30.2 Å². The molecule has 1 fully saturated rings. The largest absolute Gasteiger partial charge is 0.480 e. The van der Waals surface area contributed by atoms with Crippen molar-refractivity contribution in [3.63, 3.8) is 0 Å². The van der Waals surface area contributed by atoms with E-state index >= 15 is 0 Å². The number of aliphatic carboxylic acids is 1. The highest BCUT2D eigenvalue weighted by Crippen LogP contribution is 2.30. The summed E-state index contributed by atoms with van der Waals surface area (Å²) in [7, 11) is 6.20. The lowest BCUT2D eigenvalue weighted by atomic mass is 9.89. The number of likely N-dealkylation sites (tertiary alicyclic amines) is 1. The standard InChI is InChI=1S/C49H75BrN6O11/c1-12-31(6)43(37(66-10)28-40(59)55-25-19-22-36(55)44(67-11)32(7)45(60)51-35(49(64)65)26-33-20-15-13-16-21-33)54(9)48(63)41(29(2)3)52-46(61)42(30(4)5)53(8)38(57)23-17-14-18-24-56-39(58)27-34(50)47(56)62/h13,15-16,20-21,27,29-32,35-37,41-44H,12,14,17-19,22-26,28H2,1-11H3,(H,51,60)(H,52,61)(H,64,65)/t31-,32-,35?,36+,37-,41+,42+,43+,44-/m1/s1. The van der Waals surface area contributed by atoms with Crippen molar-refractivity contribution in [3.8, 4) is 0 Å². The van der Waals surface area contributed by atoms with Crippen LogP contribution in [0.15, 0.2) is 40.9 Å². The maximum Gasteiger partial charge on any atom is 0.326 e. The molecule has 9 atom stereocenters. The number of hydrogen-bond donors (Lipinski definition) is 3. The van der Waals surface area contributed by atoms with Crippen LogP contribution in [0, 0.1) is 23.7 Å². The van der Waals surface area contributed by atoms with Crippen molar-refractivity contribution in [1.29, 1.82) is 0 Å². The minimum absolute atomic E-state index is 0.0840. The number of nitrogens with one attached hydrogen (secondary N) is 2. The molecule has 1 unspecified atom stereocenters. The van der Waals surface area contributed by atoms with Crippen LogP contribution in [0.3, 0.4) is 0 Å². The Bertz CT molecular complexity index is 1910.